The third-order valence-corrected chi connectivity index (χ3v) is 4.86. The van der Waals surface area contributed by atoms with Crippen LogP contribution in [0.25, 0.3) is 0 Å². The summed E-state index contributed by atoms with van der Waals surface area (Å²) in [5.74, 6) is -0.166. The average molecular weight is 318 g/mol. The predicted octanol–water partition coefficient (Wildman–Crippen LogP) is 4.34. The molecule has 1 aromatic rings. The van der Waals surface area contributed by atoms with Gasteiger partial charge in [0.1, 0.15) is 11.6 Å². The zero-order chi connectivity index (χ0) is 13.5. The van der Waals surface area contributed by atoms with Gasteiger partial charge in [0.05, 0.1) is 4.47 Å². The van der Waals surface area contributed by atoms with Crippen LogP contribution < -0.4 is 5.73 Å². The van der Waals surface area contributed by atoms with Gasteiger partial charge in [-0.3, -0.25) is 0 Å². The Morgan fingerprint density at radius 1 is 1.28 bits per heavy atom. The van der Waals surface area contributed by atoms with Gasteiger partial charge in [0.25, 0.3) is 0 Å². The Morgan fingerprint density at radius 2 is 1.94 bits per heavy atom. The lowest BCUT2D eigenvalue weighted by molar-refractivity contribution is 0.169. The molecule has 2 rings (SSSR count). The second-order valence-electron chi connectivity index (χ2n) is 5.57. The molecule has 0 aromatic heterocycles. The van der Waals surface area contributed by atoms with Crippen LogP contribution in [0.2, 0.25) is 0 Å². The second kappa shape index (κ2) is 4.89. The van der Waals surface area contributed by atoms with Gasteiger partial charge in [-0.2, -0.15) is 0 Å². The van der Waals surface area contributed by atoms with Gasteiger partial charge in [0.2, 0.25) is 0 Å². The summed E-state index contributed by atoms with van der Waals surface area (Å²) in [6.45, 7) is 4.26. The Labute approximate surface area is 115 Å². The van der Waals surface area contributed by atoms with Crippen LogP contribution in [0.3, 0.4) is 0 Å². The molecule has 0 amide bonds. The van der Waals surface area contributed by atoms with E-state index in [0.717, 1.165) is 6.42 Å². The maximum atomic E-state index is 14.1. The summed E-state index contributed by atoms with van der Waals surface area (Å²) in [5, 5.41) is 0. The minimum Gasteiger partial charge on any atom is -0.321 e. The summed E-state index contributed by atoms with van der Waals surface area (Å²) < 4.78 is 28.4. The zero-order valence-electron chi connectivity index (χ0n) is 10.6. The van der Waals surface area contributed by atoms with E-state index in [9.17, 15) is 8.78 Å². The van der Waals surface area contributed by atoms with E-state index in [1.165, 1.54) is 12.1 Å². The molecule has 1 fully saturated rings. The van der Waals surface area contributed by atoms with Gasteiger partial charge in [0, 0.05) is 11.1 Å². The molecule has 1 aliphatic carbocycles. The van der Waals surface area contributed by atoms with Gasteiger partial charge in [0.15, 0.2) is 0 Å². The van der Waals surface area contributed by atoms with E-state index in [-0.39, 0.29) is 10.0 Å². The smallest absolute Gasteiger partial charge is 0.145 e. The van der Waals surface area contributed by atoms with E-state index in [1.807, 2.05) is 0 Å². The minimum atomic E-state index is -0.885. The van der Waals surface area contributed by atoms with Crippen molar-refractivity contribution in [3.63, 3.8) is 0 Å². The van der Waals surface area contributed by atoms with Crippen molar-refractivity contribution in [1.29, 1.82) is 0 Å². The molecule has 1 saturated carbocycles. The van der Waals surface area contributed by atoms with Crippen molar-refractivity contribution in [2.24, 2.45) is 17.6 Å². The monoisotopic (exact) mass is 317 g/mol. The lowest BCUT2D eigenvalue weighted by Gasteiger charge is -2.40. The number of hydrogen-bond acceptors (Lipinski definition) is 1. The van der Waals surface area contributed by atoms with E-state index < -0.39 is 17.2 Å². The Morgan fingerprint density at radius 3 is 2.56 bits per heavy atom. The molecular formula is C14H18BrF2N. The molecule has 18 heavy (non-hydrogen) atoms. The molecule has 1 aliphatic rings. The van der Waals surface area contributed by atoms with Gasteiger partial charge >= 0.3 is 0 Å². The van der Waals surface area contributed by atoms with Crippen molar-refractivity contribution in [2.45, 2.75) is 38.6 Å². The fourth-order valence-corrected chi connectivity index (χ4v) is 3.19. The first-order chi connectivity index (χ1) is 8.35. The maximum absolute atomic E-state index is 14.1. The van der Waals surface area contributed by atoms with Crippen LogP contribution in [0.5, 0.6) is 0 Å². The van der Waals surface area contributed by atoms with E-state index in [4.69, 9.17) is 5.73 Å². The van der Waals surface area contributed by atoms with Gasteiger partial charge in [-0.15, -0.1) is 0 Å². The fraction of sp³-hybridized carbons (Fsp3) is 0.571. The van der Waals surface area contributed by atoms with Crippen LogP contribution in [-0.2, 0) is 5.54 Å². The van der Waals surface area contributed by atoms with E-state index in [1.54, 1.807) is 0 Å². The standard InChI is InChI=1S/C14H18BrF2N/c1-8-5-6-14(18,7-9(8)2)12-11(16)4-3-10(15)13(12)17/h3-4,8-9H,5-7,18H2,1-2H3. The largest absolute Gasteiger partial charge is 0.321 e. The summed E-state index contributed by atoms with van der Waals surface area (Å²) >= 11 is 3.10. The molecule has 0 heterocycles. The molecule has 2 N–H and O–H groups in total. The predicted molar refractivity (Wildman–Crippen MR) is 72.1 cm³/mol. The van der Waals surface area contributed by atoms with Gasteiger partial charge in [-0.25, -0.2) is 8.78 Å². The molecule has 0 aliphatic heterocycles. The Hall–Kier alpha value is -0.480. The lowest BCUT2D eigenvalue weighted by atomic mass is 9.68. The summed E-state index contributed by atoms with van der Waals surface area (Å²) in [6, 6.07) is 2.66. The van der Waals surface area contributed by atoms with E-state index in [2.05, 4.69) is 29.8 Å². The maximum Gasteiger partial charge on any atom is 0.145 e. The number of nitrogens with two attached hydrogens (primary N) is 1. The van der Waals surface area contributed by atoms with E-state index in [0.29, 0.717) is 24.7 Å². The average Bonchev–Trinajstić information content (AvgIpc) is 2.30. The minimum absolute atomic E-state index is 0.0376. The Balaban J connectivity index is 2.45. The van der Waals surface area contributed by atoms with Crippen molar-refractivity contribution in [1.82, 2.24) is 0 Å². The molecule has 0 saturated heterocycles. The summed E-state index contributed by atoms with van der Waals surface area (Å²) in [7, 11) is 0. The van der Waals surface area contributed by atoms with Crippen LogP contribution in [0.1, 0.15) is 38.7 Å². The summed E-state index contributed by atoms with van der Waals surface area (Å²) in [6.07, 6.45) is 2.16. The summed E-state index contributed by atoms with van der Waals surface area (Å²) in [5.41, 5.74) is 5.46. The zero-order valence-corrected chi connectivity index (χ0v) is 12.2. The molecule has 0 radical (unpaired) electrons. The lowest BCUT2D eigenvalue weighted by Crippen LogP contribution is -2.44. The molecule has 0 bridgehead atoms. The van der Waals surface area contributed by atoms with Crippen LogP contribution >= 0.6 is 15.9 Å². The first-order valence-corrected chi connectivity index (χ1v) is 7.07. The molecule has 1 aromatic carbocycles. The van der Waals surface area contributed by atoms with Gasteiger partial charge in [-0.1, -0.05) is 13.8 Å². The highest BCUT2D eigenvalue weighted by Crippen LogP contribution is 2.43. The topological polar surface area (TPSA) is 26.0 Å². The number of halogens is 3. The number of benzene rings is 1. The molecular weight excluding hydrogens is 300 g/mol. The first kappa shape index (κ1) is 13.9. The molecule has 100 valence electrons. The van der Waals surface area contributed by atoms with Crippen molar-refractivity contribution in [3.05, 3.63) is 33.8 Å². The SMILES string of the molecule is CC1CCC(N)(c2c(F)ccc(Br)c2F)CC1C. The highest BCUT2D eigenvalue weighted by atomic mass is 79.9. The highest BCUT2D eigenvalue weighted by Gasteiger charge is 2.39. The van der Waals surface area contributed by atoms with Crippen LogP contribution in [0.15, 0.2) is 16.6 Å². The third-order valence-electron chi connectivity index (χ3n) is 4.25. The quantitative estimate of drug-likeness (QED) is 0.766. The van der Waals surface area contributed by atoms with Crippen molar-refractivity contribution < 1.29 is 8.78 Å². The Bertz CT molecular complexity index is 463. The summed E-state index contributed by atoms with van der Waals surface area (Å²) in [4.78, 5) is 0. The first-order valence-electron chi connectivity index (χ1n) is 6.28. The fourth-order valence-electron chi connectivity index (χ4n) is 2.86. The van der Waals surface area contributed by atoms with E-state index >= 15 is 0 Å². The molecule has 3 unspecified atom stereocenters. The molecule has 0 spiro atoms. The third kappa shape index (κ3) is 2.32. The van der Waals surface area contributed by atoms with Crippen molar-refractivity contribution in [3.8, 4) is 0 Å². The normalized spacial score (nSPS) is 32.6. The molecule has 4 heteroatoms. The molecule has 3 atom stereocenters. The van der Waals surface area contributed by atoms with Gasteiger partial charge in [-0.05, 0) is 59.2 Å². The van der Waals surface area contributed by atoms with Crippen LogP contribution in [0, 0.1) is 23.5 Å². The van der Waals surface area contributed by atoms with Crippen LogP contribution in [-0.4, -0.2) is 0 Å². The number of hydrogen-bond donors (Lipinski definition) is 1. The van der Waals surface area contributed by atoms with Crippen molar-refractivity contribution >= 4 is 15.9 Å². The molecule has 1 nitrogen and oxygen atoms in total. The van der Waals surface area contributed by atoms with Crippen LogP contribution in [0.4, 0.5) is 8.78 Å². The van der Waals surface area contributed by atoms with Gasteiger partial charge < -0.3 is 5.73 Å². The second-order valence-corrected chi connectivity index (χ2v) is 6.43. The van der Waals surface area contributed by atoms with Crippen molar-refractivity contribution in [2.75, 3.05) is 0 Å². The highest BCUT2D eigenvalue weighted by molar-refractivity contribution is 9.10. The Kier molecular flexibility index (Phi) is 3.79. The number of rotatable bonds is 1.